The van der Waals surface area contributed by atoms with Crippen LogP contribution in [0.1, 0.15) is 56.4 Å². The van der Waals surface area contributed by atoms with Gasteiger partial charge in [0.15, 0.2) is 5.69 Å². The first-order valence-electron chi connectivity index (χ1n) is 10.6. The Labute approximate surface area is 179 Å². The normalized spacial score (nSPS) is 11.0. The zero-order valence-corrected chi connectivity index (χ0v) is 17.9. The lowest BCUT2D eigenvalue weighted by Crippen LogP contribution is -2.42. The van der Waals surface area contributed by atoms with E-state index in [0.717, 1.165) is 25.7 Å². The Balaban J connectivity index is 2.09. The van der Waals surface area contributed by atoms with E-state index in [9.17, 15) is 14.4 Å². The first-order chi connectivity index (χ1) is 15.0. The van der Waals surface area contributed by atoms with Crippen molar-refractivity contribution in [2.75, 3.05) is 17.2 Å². The van der Waals surface area contributed by atoms with E-state index < -0.39 is 17.2 Å². The van der Waals surface area contributed by atoms with Crippen molar-refractivity contribution in [2.45, 2.75) is 52.5 Å². The van der Waals surface area contributed by atoms with Gasteiger partial charge < -0.3 is 5.73 Å². The third kappa shape index (κ3) is 4.82. The van der Waals surface area contributed by atoms with Gasteiger partial charge in [-0.3, -0.25) is 29.0 Å². The van der Waals surface area contributed by atoms with E-state index in [1.165, 1.54) is 15.7 Å². The summed E-state index contributed by atoms with van der Waals surface area (Å²) >= 11 is 0. The number of para-hydroxylation sites is 2. The number of unbranched alkanes of at least 4 members (excludes halogenated alkanes) is 3. The first-order valence-corrected chi connectivity index (χ1v) is 10.6. The van der Waals surface area contributed by atoms with Gasteiger partial charge in [-0.15, -0.1) is 0 Å². The summed E-state index contributed by atoms with van der Waals surface area (Å²) in [4.78, 5) is 50.8. The molecule has 1 amide bonds. The molecular weight excluding hydrogens is 396 g/mol. The van der Waals surface area contributed by atoms with Crippen molar-refractivity contribution >= 4 is 28.4 Å². The molecule has 0 aliphatic carbocycles. The number of amides is 1. The van der Waals surface area contributed by atoms with Gasteiger partial charge in [-0.25, -0.2) is 9.78 Å². The van der Waals surface area contributed by atoms with Gasteiger partial charge >= 0.3 is 5.69 Å². The maximum absolute atomic E-state index is 13.4. The van der Waals surface area contributed by atoms with Gasteiger partial charge in [0.05, 0.1) is 17.2 Å². The molecule has 3 rings (SSSR count). The van der Waals surface area contributed by atoms with Crippen molar-refractivity contribution in [2.24, 2.45) is 0 Å². The number of aromatic amines is 1. The molecule has 9 nitrogen and oxygen atoms in total. The zero-order chi connectivity index (χ0) is 22.4. The molecule has 0 aliphatic heterocycles. The molecule has 0 spiro atoms. The smallest absolute Gasteiger partial charge is 0.330 e. The van der Waals surface area contributed by atoms with Gasteiger partial charge in [0.1, 0.15) is 11.5 Å². The number of nitrogens with zero attached hydrogens (tertiary/aromatic N) is 4. The summed E-state index contributed by atoms with van der Waals surface area (Å²) in [5.41, 5.74) is 6.33. The number of fused-ring (bicyclic) bond motifs is 1. The summed E-state index contributed by atoms with van der Waals surface area (Å²) in [5, 5.41) is 0. The largest absolute Gasteiger partial charge is 0.383 e. The van der Waals surface area contributed by atoms with Crippen LogP contribution in [0, 0.1) is 0 Å². The number of carbonyl (C=O) groups is 1. The van der Waals surface area contributed by atoms with Crippen molar-refractivity contribution in [3.63, 3.8) is 0 Å². The van der Waals surface area contributed by atoms with Crippen LogP contribution in [0.2, 0.25) is 0 Å². The minimum atomic E-state index is -0.686. The number of H-pyrrole nitrogens is 1. The summed E-state index contributed by atoms with van der Waals surface area (Å²) in [5.74, 6) is -0.493. The van der Waals surface area contributed by atoms with Crippen molar-refractivity contribution in [3.8, 4) is 0 Å². The van der Waals surface area contributed by atoms with Crippen LogP contribution in [0.15, 0.2) is 40.1 Å². The summed E-state index contributed by atoms with van der Waals surface area (Å²) in [7, 11) is 0. The minimum Gasteiger partial charge on any atom is -0.383 e. The molecule has 1 aromatic carbocycles. The summed E-state index contributed by atoms with van der Waals surface area (Å²) in [6.07, 6.45) is 5.47. The van der Waals surface area contributed by atoms with Crippen molar-refractivity contribution in [3.05, 3.63) is 57.0 Å². The van der Waals surface area contributed by atoms with Gasteiger partial charge in [0.2, 0.25) is 0 Å². The van der Waals surface area contributed by atoms with Crippen LogP contribution in [0.25, 0.3) is 11.0 Å². The molecule has 0 bridgehead atoms. The van der Waals surface area contributed by atoms with Crippen LogP contribution in [-0.2, 0) is 6.54 Å². The number of aromatic nitrogens is 4. The maximum Gasteiger partial charge on any atom is 0.330 e. The number of carbonyl (C=O) groups excluding carboxylic acids is 1. The average molecular weight is 425 g/mol. The molecule has 0 atom stereocenters. The minimum absolute atomic E-state index is 0.0132. The van der Waals surface area contributed by atoms with Crippen molar-refractivity contribution < 1.29 is 4.79 Å². The molecule has 9 heteroatoms. The number of anilines is 2. The Morgan fingerprint density at radius 2 is 1.81 bits per heavy atom. The second-order valence-electron chi connectivity index (χ2n) is 7.41. The Kier molecular flexibility index (Phi) is 7.17. The van der Waals surface area contributed by atoms with E-state index in [0.29, 0.717) is 24.0 Å². The third-order valence-electron chi connectivity index (χ3n) is 5.12. The molecule has 0 radical (unpaired) electrons. The lowest BCUT2D eigenvalue weighted by molar-refractivity contribution is 0.0981. The molecule has 2 aromatic heterocycles. The number of nitrogens with one attached hydrogen (secondary N) is 1. The van der Waals surface area contributed by atoms with E-state index in [-0.39, 0.29) is 23.7 Å². The second-order valence-corrected chi connectivity index (χ2v) is 7.41. The number of rotatable bonds is 9. The highest BCUT2D eigenvalue weighted by Gasteiger charge is 2.26. The van der Waals surface area contributed by atoms with Crippen LogP contribution >= 0.6 is 0 Å². The quantitative estimate of drug-likeness (QED) is 0.509. The van der Waals surface area contributed by atoms with Crippen molar-refractivity contribution in [1.29, 1.82) is 0 Å². The van der Waals surface area contributed by atoms with Crippen LogP contribution in [-0.4, -0.2) is 32.0 Å². The SMILES string of the molecule is CCCCCN(C(=O)c1cnc2ccccc2n1)c1c(N)n(CCCC)c(=O)[nH]c1=O. The van der Waals surface area contributed by atoms with E-state index in [2.05, 4.69) is 15.0 Å². The van der Waals surface area contributed by atoms with Gasteiger partial charge in [0, 0.05) is 13.1 Å². The zero-order valence-electron chi connectivity index (χ0n) is 17.9. The van der Waals surface area contributed by atoms with Gasteiger partial charge in [-0.05, 0) is 25.0 Å². The monoisotopic (exact) mass is 424 g/mol. The number of nitrogens with two attached hydrogens (primary N) is 1. The van der Waals surface area contributed by atoms with Crippen molar-refractivity contribution in [1.82, 2.24) is 19.5 Å². The standard InChI is InChI=1S/C22H28N6O3/c1-3-5-9-13-27(18-19(23)28(12-6-4-2)22(31)26-20(18)29)21(30)17-14-24-15-10-7-8-11-16(15)25-17/h7-8,10-11,14H,3-6,9,12-13,23H2,1-2H3,(H,26,29,31). The molecule has 0 aliphatic rings. The molecule has 0 saturated carbocycles. The molecule has 3 aromatic rings. The highest BCUT2D eigenvalue weighted by atomic mass is 16.2. The fourth-order valence-electron chi connectivity index (χ4n) is 3.41. The van der Waals surface area contributed by atoms with E-state index in [1.807, 2.05) is 32.0 Å². The Bertz CT molecular complexity index is 1180. The number of hydrogen-bond donors (Lipinski definition) is 2. The summed E-state index contributed by atoms with van der Waals surface area (Å²) in [6.45, 7) is 4.68. The maximum atomic E-state index is 13.4. The predicted molar refractivity (Wildman–Crippen MR) is 121 cm³/mol. The molecule has 0 fully saturated rings. The molecule has 0 unspecified atom stereocenters. The molecule has 3 N–H and O–H groups in total. The van der Waals surface area contributed by atoms with Crippen LogP contribution < -0.4 is 21.9 Å². The fourth-order valence-corrected chi connectivity index (χ4v) is 3.41. The molecular formula is C22H28N6O3. The third-order valence-corrected chi connectivity index (χ3v) is 5.12. The lowest BCUT2D eigenvalue weighted by Gasteiger charge is -2.24. The van der Waals surface area contributed by atoms with Gasteiger partial charge in [-0.2, -0.15) is 0 Å². The van der Waals surface area contributed by atoms with E-state index in [1.54, 1.807) is 6.07 Å². The Morgan fingerprint density at radius 3 is 2.52 bits per heavy atom. The average Bonchev–Trinajstić information content (AvgIpc) is 2.77. The number of nitrogen functional groups attached to an aromatic ring is 1. The predicted octanol–water partition coefficient (Wildman–Crippen LogP) is 2.70. The highest BCUT2D eigenvalue weighted by molar-refractivity contribution is 6.06. The second kappa shape index (κ2) is 10.0. The van der Waals surface area contributed by atoms with Gasteiger partial charge in [-0.1, -0.05) is 45.2 Å². The Morgan fingerprint density at radius 1 is 1.10 bits per heavy atom. The van der Waals surface area contributed by atoms with Crippen LogP contribution in [0.5, 0.6) is 0 Å². The molecule has 0 saturated heterocycles. The van der Waals surface area contributed by atoms with Crippen LogP contribution in [0.3, 0.4) is 0 Å². The van der Waals surface area contributed by atoms with Gasteiger partial charge in [0.25, 0.3) is 11.5 Å². The Hall–Kier alpha value is -3.49. The summed E-state index contributed by atoms with van der Waals surface area (Å²) < 4.78 is 1.31. The molecule has 164 valence electrons. The van der Waals surface area contributed by atoms with E-state index in [4.69, 9.17) is 5.73 Å². The van der Waals surface area contributed by atoms with E-state index >= 15 is 0 Å². The summed E-state index contributed by atoms with van der Waals surface area (Å²) in [6, 6.07) is 7.24. The fraction of sp³-hybridized carbons (Fsp3) is 0.409. The number of hydrogen-bond acceptors (Lipinski definition) is 6. The number of benzene rings is 1. The topological polar surface area (TPSA) is 127 Å². The first kappa shape index (κ1) is 22.2. The lowest BCUT2D eigenvalue weighted by atomic mass is 10.2. The molecule has 2 heterocycles. The highest BCUT2D eigenvalue weighted by Crippen LogP contribution is 2.21. The molecule has 31 heavy (non-hydrogen) atoms. The van der Waals surface area contributed by atoms with Crippen LogP contribution in [0.4, 0.5) is 11.5 Å².